The lowest BCUT2D eigenvalue weighted by Gasteiger charge is -2.16. The first-order valence-electron chi connectivity index (χ1n) is 12.7. The molecule has 0 saturated heterocycles. The summed E-state index contributed by atoms with van der Waals surface area (Å²) in [7, 11) is 0. The van der Waals surface area contributed by atoms with Crippen LogP contribution in [-0.4, -0.2) is 10.9 Å². The second-order valence-electron chi connectivity index (χ2n) is 9.75. The van der Waals surface area contributed by atoms with E-state index < -0.39 is 17.6 Å². The van der Waals surface area contributed by atoms with Gasteiger partial charge in [-0.05, 0) is 84.7 Å². The Morgan fingerprint density at radius 1 is 1.00 bits per heavy atom. The maximum atomic E-state index is 14.2. The van der Waals surface area contributed by atoms with Crippen LogP contribution in [0.2, 0.25) is 0 Å². The Balaban J connectivity index is 1.29. The summed E-state index contributed by atoms with van der Waals surface area (Å²) < 4.78 is 53.4. The van der Waals surface area contributed by atoms with Crippen molar-refractivity contribution < 1.29 is 22.4 Å². The van der Waals surface area contributed by atoms with Crippen LogP contribution in [0.5, 0.6) is 0 Å². The van der Waals surface area contributed by atoms with Gasteiger partial charge < -0.3 is 20.9 Å². The number of benzene rings is 3. The third-order valence-electron chi connectivity index (χ3n) is 6.73. The second-order valence-corrected chi connectivity index (χ2v) is 9.75. The van der Waals surface area contributed by atoms with Crippen molar-refractivity contribution in [3.05, 3.63) is 131 Å². The summed E-state index contributed by atoms with van der Waals surface area (Å²) >= 11 is 0. The second kappa shape index (κ2) is 10.8. The number of halogens is 4. The maximum absolute atomic E-state index is 14.2. The minimum atomic E-state index is -4.60. The van der Waals surface area contributed by atoms with Gasteiger partial charge in [-0.3, -0.25) is 4.79 Å². The van der Waals surface area contributed by atoms with E-state index in [-0.39, 0.29) is 17.3 Å². The first kappa shape index (κ1) is 27.5. The lowest BCUT2D eigenvalue weighted by atomic mass is 10.0. The number of H-pyrrole nitrogens is 1. The Hall–Kier alpha value is -5.05. The molecule has 0 spiro atoms. The molecule has 0 saturated carbocycles. The van der Waals surface area contributed by atoms with Crippen molar-refractivity contribution in [1.82, 2.24) is 4.98 Å². The van der Waals surface area contributed by atoms with E-state index in [1.54, 1.807) is 12.3 Å². The Bertz CT molecular complexity index is 1700. The van der Waals surface area contributed by atoms with Crippen molar-refractivity contribution in [3.8, 4) is 0 Å². The molecule has 0 aliphatic carbocycles. The first-order valence-corrected chi connectivity index (χ1v) is 12.7. The molecule has 5 rings (SSSR count). The molecule has 208 valence electrons. The smallest absolute Gasteiger partial charge is 0.362 e. The van der Waals surface area contributed by atoms with E-state index >= 15 is 0 Å². The molecule has 1 aliphatic heterocycles. The molecule has 4 N–H and O–H groups in total. The van der Waals surface area contributed by atoms with Gasteiger partial charge in [0, 0.05) is 34.5 Å². The molecule has 4 aromatic rings. The maximum Gasteiger partial charge on any atom is 0.416 e. The van der Waals surface area contributed by atoms with Crippen LogP contribution in [-0.2, 0) is 17.4 Å². The summed E-state index contributed by atoms with van der Waals surface area (Å²) in [5.74, 6) is -1.01. The highest BCUT2D eigenvalue weighted by Crippen LogP contribution is 2.36. The van der Waals surface area contributed by atoms with Gasteiger partial charge in [0.15, 0.2) is 0 Å². The first-order chi connectivity index (χ1) is 19.5. The molecule has 0 fully saturated rings. The van der Waals surface area contributed by atoms with Gasteiger partial charge in [-0.1, -0.05) is 31.4 Å². The summed E-state index contributed by atoms with van der Waals surface area (Å²) in [6, 6.07) is 17.3. The van der Waals surface area contributed by atoms with Crippen LogP contribution in [0.3, 0.4) is 0 Å². The molecular weight excluding hydrogens is 532 g/mol. The number of aromatic amines is 1. The van der Waals surface area contributed by atoms with Crippen molar-refractivity contribution in [2.24, 2.45) is 0 Å². The van der Waals surface area contributed by atoms with Crippen LogP contribution in [0.25, 0.3) is 11.6 Å². The zero-order valence-electron chi connectivity index (χ0n) is 22.0. The number of aryl methyl sites for hydroxylation is 1. The minimum absolute atomic E-state index is 0.178. The molecule has 1 amide bonds. The van der Waals surface area contributed by atoms with E-state index in [4.69, 9.17) is 0 Å². The fraction of sp³-hybridized carbons (Fsp3) is 0.0938. The average Bonchev–Trinajstić information content (AvgIpc) is 3.54. The SMILES string of the molecule is C=C(Cc1ccc(C)c(Nc2ccc3c(c2)NC(=O)/C3=C/c2ccc[nH]2)c1)C(=C)Nc1cc(C(F)(F)F)ccc1F. The number of nitrogens with one attached hydrogen (secondary N) is 4. The Labute approximate surface area is 234 Å². The van der Waals surface area contributed by atoms with Gasteiger partial charge in [0.25, 0.3) is 5.91 Å². The number of amides is 1. The molecule has 9 heteroatoms. The van der Waals surface area contributed by atoms with Crippen molar-refractivity contribution in [2.75, 3.05) is 16.0 Å². The van der Waals surface area contributed by atoms with E-state index in [1.165, 1.54) is 0 Å². The fourth-order valence-electron chi connectivity index (χ4n) is 4.48. The van der Waals surface area contributed by atoms with E-state index in [2.05, 4.69) is 34.1 Å². The van der Waals surface area contributed by atoms with Crippen molar-refractivity contribution in [1.29, 1.82) is 0 Å². The lowest BCUT2D eigenvalue weighted by molar-refractivity contribution is -0.137. The number of anilines is 4. The standard InChI is InChI=1S/C32H26F4N4O/c1-18-6-7-21(13-19(2)20(3)38-30-15-22(32(34,35)36)8-11-27(30)33)14-28(18)39-24-9-10-25-26(16-23-5-4-12-37-23)31(41)40-29(25)17-24/h4-12,14-17,37-39H,2-3,13H2,1H3,(H,40,41)/b26-16+. The third kappa shape index (κ3) is 6.09. The molecule has 2 heterocycles. The van der Waals surface area contributed by atoms with Gasteiger partial charge in [0.05, 0.1) is 22.5 Å². The van der Waals surface area contributed by atoms with Gasteiger partial charge in [0.2, 0.25) is 0 Å². The molecule has 0 atom stereocenters. The largest absolute Gasteiger partial charge is 0.416 e. The van der Waals surface area contributed by atoms with E-state index in [0.717, 1.165) is 39.8 Å². The molecule has 0 bridgehead atoms. The number of alkyl halides is 3. The quantitative estimate of drug-likeness (QED) is 0.0997. The van der Waals surface area contributed by atoms with Crippen LogP contribution >= 0.6 is 0 Å². The summed E-state index contributed by atoms with van der Waals surface area (Å²) in [6.07, 6.45) is -0.672. The molecule has 5 nitrogen and oxygen atoms in total. The average molecular weight is 559 g/mol. The van der Waals surface area contributed by atoms with Crippen LogP contribution in [0.4, 0.5) is 40.3 Å². The molecular formula is C32H26F4N4O. The highest BCUT2D eigenvalue weighted by molar-refractivity contribution is 6.35. The number of aromatic nitrogens is 1. The van der Waals surface area contributed by atoms with Gasteiger partial charge in [-0.25, -0.2) is 4.39 Å². The van der Waals surface area contributed by atoms with Crippen molar-refractivity contribution >= 4 is 40.3 Å². The predicted octanol–water partition coefficient (Wildman–Crippen LogP) is 8.44. The fourth-order valence-corrected chi connectivity index (χ4v) is 4.48. The van der Waals surface area contributed by atoms with E-state index in [1.807, 2.05) is 55.5 Å². The zero-order chi connectivity index (χ0) is 29.3. The van der Waals surface area contributed by atoms with Crippen molar-refractivity contribution in [3.63, 3.8) is 0 Å². The van der Waals surface area contributed by atoms with Crippen LogP contribution in [0.1, 0.15) is 27.9 Å². The predicted molar refractivity (Wildman–Crippen MR) is 155 cm³/mol. The van der Waals surface area contributed by atoms with Crippen LogP contribution in [0, 0.1) is 12.7 Å². The van der Waals surface area contributed by atoms with Crippen LogP contribution < -0.4 is 16.0 Å². The third-order valence-corrected chi connectivity index (χ3v) is 6.73. The Kier molecular flexibility index (Phi) is 7.28. The minimum Gasteiger partial charge on any atom is -0.362 e. The van der Waals surface area contributed by atoms with Gasteiger partial charge in [-0.15, -0.1) is 0 Å². The van der Waals surface area contributed by atoms with Gasteiger partial charge in [-0.2, -0.15) is 13.2 Å². The topological polar surface area (TPSA) is 68.9 Å². The number of hydrogen-bond acceptors (Lipinski definition) is 3. The monoisotopic (exact) mass is 558 g/mol. The number of rotatable bonds is 8. The number of carbonyl (C=O) groups is 1. The number of allylic oxidation sites excluding steroid dienone is 1. The highest BCUT2D eigenvalue weighted by Gasteiger charge is 2.31. The summed E-state index contributed by atoms with van der Waals surface area (Å²) in [4.78, 5) is 15.6. The highest BCUT2D eigenvalue weighted by atomic mass is 19.4. The zero-order valence-corrected chi connectivity index (χ0v) is 22.0. The number of carbonyl (C=O) groups excluding carboxylic acids is 1. The lowest BCUT2D eigenvalue weighted by Crippen LogP contribution is -2.09. The number of fused-ring (bicyclic) bond motifs is 1. The molecule has 41 heavy (non-hydrogen) atoms. The van der Waals surface area contributed by atoms with Crippen molar-refractivity contribution in [2.45, 2.75) is 19.5 Å². The Morgan fingerprint density at radius 2 is 1.80 bits per heavy atom. The molecule has 1 aromatic heterocycles. The van der Waals surface area contributed by atoms with Gasteiger partial charge >= 0.3 is 6.18 Å². The summed E-state index contributed by atoms with van der Waals surface area (Å²) in [5.41, 5.74) is 5.74. The number of hydrogen-bond donors (Lipinski definition) is 4. The summed E-state index contributed by atoms with van der Waals surface area (Å²) in [5, 5.41) is 8.92. The summed E-state index contributed by atoms with van der Waals surface area (Å²) in [6.45, 7) is 9.78. The van der Waals surface area contributed by atoms with E-state index in [0.29, 0.717) is 35.4 Å². The Morgan fingerprint density at radius 3 is 2.54 bits per heavy atom. The molecule has 0 unspecified atom stereocenters. The normalized spacial score (nSPS) is 13.6. The molecule has 1 aliphatic rings. The molecule has 3 aromatic carbocycles. The van der Waals surface area contributed by atoms with E-state index in [9.17, 15) is 22.4 Å². The van der Waals surface area contributed by atoms with Gasteiger partial charge in [0.1, 0.15) is 5.82 Å². The van der Waals surface area contributed by atoms with Crippen LogP contribution in [0.15, 0.2) is 97.4 Å². The molecule has 0 radical (unpaired) electrons.